The van der Waals surface area contributed by atoms with E-state index >= 15 is 0 Å². The predicted octanol–water partition coefficient (Wildman–Crippen LogP) is 3.23. The molecule has 0 saturated carbocycles. The molecule has 1 aromatic carbocycles. The van der Waals surface area contributed by atoms with Gasteiger partial charge in [-0.3, -0.25) is 0 Å². The van der Waals surface area contributed by atoms with Gasteiger partial charge in [0.1, 0.15) is 0 Å². The molecule has 0 amide bonds. The third-order valence-electron chi connectivity index (χ3n) is 4.46. The second-order valence-electron chi connectivity index (χ2n) is 6.31. The molecule has 0 radical (unpaired) electrons. The van der Waals surface area contributed by atoms with Crippen LogP contribution < -0.4 is 5.32 Å². The highest BCUT2D eigenvalue weighted by Gasteiger charge is 2.19. The normalized spacial score (nSPS) is 19.2. The first-order valence-electron chi connectivity index (χ1n) is 8.07. The zero-order valence-corrected chi connectivity index (χ0v) is 12.8. The van der Waals surface area contributed by atoms with Crippen LogP contribution >= 0.6 is 0 Å². The van der Waals surface area contributed by atoms with Gasteiger partial charge in [-0.15, -0.1) is 0 Å². The number of imidazole rings is 1. The number of benzene rings is 1. The van der Waals surface area contributed by atoms with Crippen molar-refractivity contribution in [1.82, 2.24) is 14.9 Å². The average molecular weight is 283 g/mol. The molecule has 0 fully saturated rings. The minimum absolute atomic E-state index is 0.623. The number of nitrogens with one attached hydrogen (secondary N) is 1. The van der Waals surface area contributed by atoms with Gasteiger partial charge >= 0.3 is 0 Å². The average Bonchev–Trinajstić information content (AvgIpc) is 3.00. The molecule has 3 heteroatoms. The van der Waals surface area contributed by atoms with Crippen LogP contribution in [0.1, 0.15) is 36.8 Å². The molecule has 112 valence electrons. The largest absolute Gasteiger partial charge is 0.337 e. The van der Waals surface area contributed by atoms with Crippen molar-refractivity contribution in [2.24, 2.45) is 5.92 Å². The number of fused-ring (bicyclic) bond motifs is 1. The van der Waals surface area contributed by atoms with Crippen molar-refractivity contribution in [1.29, 1.82) is 0 Å². The lowest BCUT2D eigenvalue weighted by Crippen LogP contribution is -2.29. The molecule has 0 bridgehead atoms. The first kappa shape index (κ1) is 14.3. The predicted molar refractivity (Wildman–Crippen MR) is 86.4 cm³/mol. The van der Waals surface area contributed by atoms with Crippen molar-refractivity contribution in [3.63, 3.8) is 0 Å². The zero-order chi connectivity index (χ0) is 14.5. The van der Waals surface area contributed by atoms with Gasteiger partial charge in [-0.25, -0.2) is 4.98 Å². The first-order chi connectivity index (χ1) is 10.3. The van der Waals surface area contributed by atoms with E-state index in [-0.39, 0.29) is 0 Å². The molecule has 0 saturated heterocycles. The van der Waals surface area contributed by atoms with Crippen LogP contribution in [0.25, 0.3) is 0 Å². The lowest BCUT2D eigenvalue weighted by molar-refractivity contribution is 0.423. The molecule has 0 aliphatic heterocycles. The smallest absolute Gasteiger partial charge is 0.0946 e. The standard InChI is InChI=1S/C18H25N3/c1-15(13-21-10-9-19-14-21)11-20-12-17-7-4-6-16-5-2-3-8-18(16)17/h2-3,5,8-10,14-15,17,20H,4,6-7,11-13H2,1H3. The number of hydrogen-bond acceptors (Lipinski definition) is 2. The maximum absolute atomic E-state index is 4.10. The third-order valence-corrected chi connectivity index (χ3v) is 4.46. The van der Waals surface area contributed by atoms with E-state index in [1.807, 2.05) is 18.7 Å². The summed E-state index contributed by atoms with van der Waals surface area (Å²) >= 11 is 0. The quantitative estimate of drug-likeness (QED) is 0.882. The summed E-state index contributed by atoms with van der Waals surface area (Å²) in [5.41, 5.74) is 3.13. The van der Waals surface area contributed by atoms with Crippen LogP contribution in [0.2, 0.25) is 0 Å². The van der Waals surface area contributed by atoms with E-state index in [1.54, 1.807) is 11.1 Å². The Balaban J connectivity index is 1.48. The molecule has 3 rings (SSSR count). The van der Waals surface area contributed by atoms with Crippen LogP contribution in [0.5, 0.6) is 0 Å². The number of nitrogens with zero attached hydrogens (tertiary/aromatic N) is 2. The first-order valence-corrected chi connectivity index (χ1v) is 8.07. The van der Waals surface area contributed by atoms with Crippen LogP contribution in [0, 0.1) is 5.92 Å². The Morgan fingerprint density at radius 1 is 1.38 bits per heavy atom. The van der Waals surface area contributed by atoms with E-state index in [0.29, 0.717) is 11.8 Å². The lowest BCUT2D eigenvalue weighted by Gasteiger charge is -2.26. The van der Waals surface area contributed by atoms with Gasteiger partial charge in [0, 0.05) is 25.5 Å². The highest BCUT2D eigenvalue weighted by atomic mass is 15.0. The van der Waals surface area contributed by atoms with E-state index in [4.69, 9.17) is 0 Å². The van der Waals surface area contributed by atoms with Crippen LogP contribution in [0.15, 0.2) is 43.0 Å². The summed E-state index contributed by atoms with van der Waals surface area (Å²) in [6.45, 7) is 5.50. The Bertz CT molecular complexity index is 547. The van der Waals surface area contributed by atoms with Crippen molar-refractivity contribution < 1.29 is 0 Å². The third kappa shape index (κ3) is 3.73. The van der Waals surface area contributed by atoms with Gasteiger partial charge in [-0.1, -0.05) is 31.2 Å². The Morgan fingerprint density at radius 2 is 2.29 bits per heavy atom. The Morgan fingerprint density at radius 3 is 3.14 bits per heavy atom. The topological polar surface area (TPSA) is 29.9 Å². The maximum atomic E-state index is 4.10. The second-order valence-corrected chi connectivity index (χ2v) is 6.31. The zero-order valence-electron chi connectivity index (χ0n) is 12.8. The maximum Gasteiger partial charge on any atom is 0.0946 e. The monoisotopic (exact) mass is 283 g/mol. The van der Waals surface area contributed by atoms with Crippen LogP contribution in [0.3, 0.4) is 0 Å². The van der Waals surface area contributed by atoms with E-state index < -0.39 is 0 Å². The number of aromatic nitrogens is 2. The molecular weight excluding hydrogens is 258 g/mol. The van der Waals surface area contributed by atoms with Crippen molar-refractivity contribution in [2.75, 3.05) is 13.1 Å². The van der Waals surface area contributed by atoms with Crippen molar-refractivity contribution in [3.8, 4) is 0 Å². The van der Waals surface area contributed by atoms with Crippen molar-refractivity contribution >= 4 is 0 Å². The molecule has 2 unspecified atom stereocenters. The van der Waals surface area contributed by atoms with E-state index in [2.05, 4.69) is 46.1 Å². The Kier molecular flexibility index (Phi) is 4.71. The summed E-state index contributed by atoms with van der Waals surface area (Å²) in [7, 11) is 0. The number of rotatable bonds is 6. The van der Waals surface area contributed by atoms with Gasteiger partial charge in [0.05, 0.1) is 6.33 Å². The fourth-order valence-corrected chi connectivity index (χ4v) is 3.39. The molecule has 3 nitrogen and oxygen atoms in total. The molecule has 21 heavy (non-hydrogen) atoms. The summed E-state index contributed by atoms with van der Waals surface area (Å²) < 4.78 is 2.16. The molecule has 2 atom stereocenters. The van der Waals surface area contributed by atoms with Crippen LogP contribution in [-0.2, 0) is 13.0 Å². The van der Waals surface area contributed by atoms with Crippen LogP contribution in [0.4, 0.5) is 0 Å². The highest BCUT2D eigenvalue weighted by molar-refractivity contribution is 5.32. The molecule has 1 N–H and O–H groups in total. The summed E-state index contributed by atoms with van der Waals surface area (Å²) in [4.78, 5) is 4.10. The summed E-state index contributed by atoms with van der Waals surface area (Å²) in [5.74, 6) is 1.31. The molecule has 2 aromatic rings. The molecule has 1 heterocycles. The number of hydrogen-bond donors (Lipinski definition) is 1. The van der Waals surface area contributed by atoms with Gasteiger partial charge in [0.15, 0.2) is 0 Å². The minimum atomic E-state index is 0.623. The summed E-state index contributed by atoms with van der Waals surface area (Å²) in [6.07, 6.45) is 9.68. The van der Waals surface area contributed by atoms with Gasteiger partial charge in [-0.05, 0) is 48.8 Å². The Hall–Kier alpha value is -1.61. The molecular formula is C18H25N3. The summed E-state index contributed by atoms with van der Waals surface area (Å²) in [6, 6.07) is 8.96. The van der Waals surface area contributed by atoms with Gasteiger partial charge in [0.25, 0.3) is 0 Å². The van der Waals surface area contributed by atoms with Gasteiger partial charge < -0.3 is 9.88 Å². The van der Waals surface area contributed by atoms with Crippen LogP contribution in [-0.4, -0.2) is 22.6 Å². The minimum Gasteiger partial charge on any atom is -0.337 e. The van der Waals surface area contributed by atoms with Crippen molar-refractivity contribution in [2.45, 2.75) is 38.6 Å². The molecule has 1 aliphatic carbocycles. The lowest BCUT2D eigenvalue weighted by atomic mass is 9.83. The van der Waals surface area contributed by atoms with E-state index in [1.165, 1.54) is 19.3 Å². The highest BCUT2D eigenvalue weighted by Crippen LogP contribution is 2.30. The fourth-order valence-electron chi connectivity index (χ4n) is 3.39. The molecule has 1 aromatic heterocycles. The molecule has 1 aliphatic rings. The van der Waals surface area contributed by atoms with E-state index in [0.717, 1.165) is 19.6 Å². The number of aryl methyl sites for hydroxylation is 1. The van der Waals surface area contributed by atoms with E-state index in [9.17, 15) is 0 Å². The summed E-state index contributed by atoms with van der Waals surface area (Å²) in [5, 5.41) is 3.67. The Labute approximate surface area is 127 Å². The van der Waals surface area contributed by atoms with Crippen molar-refractivity contribution in [3.05, 3.63) is 54.1 Å². The second kappa shape index (κ2) is 6.90. The SMILES string of the molecule is CC(CNCC1CCCc2ccccc21)Cn1ccnc1. The fraction of sp³-hybridized carbons (Fsp3) is 0.500. The van der Waals surface area contributed by atoms with Gasteiger partial charge in [0.2, 0.25) is 0 Å². The molecule has 0 spiro atoms. The van der Waals surface area contributed by atoms with Gasteiger partial charge in [-0.2, -0.15) is 0 Å².